The number of hydrogen-bond donors (Lipinski definition) is 1. The van der Waals surface area contributed by atoms with Crippen molar-refractivity contribution in [2.24, 2.45) is 0 Å². The molecule has 2 rings (SSSR count). The number of ether oxygens (including phenoxy) is 1. The third-order valence-corrected chi connectivity index (χ3v) is 3.90. The smallest absolute Gasteiger partial charge is 0.224 e. The van der Waals surface area contributed by atoms with E-state index in [-0.39, 0.29) is 23.7 Å². The van der Waals surface area contributed by atoms with Crippen LogP contribution in [-0.4, -0.2) is 30.5 Å². The number of halogens is 2. The molecule has 0 atom stereocenters. The number of hydrogen-bond acceptors (Lipinski definition) is 2. The van der Waals surface area contributed by atoms with E-state index in [1.54, 1.807) is 12.1 Å². The third kappa shape index (κ3) is 3.91. The van der Waals surface area contributed by atoms with Crippen LogP contribution in [0, 0.1) is 5.82 Å². The van der Waals surface area contributed by atoms with E-state index in [9.17, 15) is 9.18 Å². The van der Waals surface area contributed by atoms with Gasteiger partial charge in [-0.25, -0.2) is 4.39 Å². The van der Waals surface area contributed by atoms with Crippen LogP contribution in [0.5, 0.6) is 0 Å². The van der Waals surface area contributed by atoms with Crippen LogP contribution in [0.2, 0.25) is 0 Å². The van der Waals surface area contributed by atoms with Crippen molar-refractivity contribution in [3.05, 3.63) is 35.6 Å². The molecule has 1 saturated heterocycles. The lowest BCUT2D eigenvalue weighted by molar-refractivity contribution is -0.123. The number of carbonyl (C=O) groups excluding carboxylic acids is 1. The predicted molar refractivity (Wildman–Crippen MR) is 71.8 cm³/mol. The molecule has 0 spiro atoms. The van der Waals surface area contributed by atoms with E-state index >= 15 is 0 Å². The molecule has 1 aliphatic heterocycles. The number of rotatable bonds is 4. The number of nitrogens with one attached hydrogen (secondary N) is 1. The van der Waals surface area contributed by atoms with Crippen LogP contribution in [-0.2, 0) is 16.0 Å². The first-order chi connectivity index (χ1) is 9.13. The molecule has 19 heavy (non-hydrogen) atoms. The van der Waals surface area contributed by atoms with Crippen molar-refractivity contribution in [2.75, 3.05) is 19.1 Å². The summed E-state index contributed by atoms with van der Waals surface area (Å²) in [6.45, 7) is 1.23. The van der Waals surface area contributed by atoms with Gasteiger partial charge in [0.25, 0.3) is 0 Å². The second-order valence-electron chi connectivity index (χ2n) is 4.88. The highest BCUT2D eigenvalue weighted by Gasteiger charge is 2.33. The van der Waals surface area contributed by atoms with E-state index < -0.39 is 0 Å². The van der Waals surface area contributed by atoms with Gasteiger partial charge in [0.05, 0.1) is 12.0 Å². The molecule has 0 saturated carbocycles. The minimum Gasteiger partial charge on any atom is -0.381 e. The summed E-state index contributed by atoms with van der Waals surface area (Å²) >= 11 is 5.99. The maximum Gasteiger partial charge on any atom is 0.224 e. The monoisotopic (exact) mass is 285 g/mol. The summed E-state index contributed by atoms with van der Waals surface area (Å²) in [4.78, 5) is 12.0. The fraction of sp³-hybridized carbons (Fsp3) is 0.500. The fourth-order valence-electron chi connectivity index (χ4n) is 2.18. The van der Waals surface area contributed by atoms with Gasteiger partial charge in [0.1, 0.15) is 5.82 Å². The quantitative estimate of drug-likeness (QED) is 0.862. The summed E-state index contributed by atoms with van der Waals surface area (Å²) in [5.41, 5.74) is 0.424. The fourth-order valence-corrected chi connectivity index (χ4v) is 2.52. The number of carbonyl (C=O) groups is 1. The normalized spacial score (nSPS) is 18.0. The average molecular weight is 286 g/mol. The van der Waals surface area contributed by atoms with E-state index in [0.717, 1.165) is 18.4 Å². The lowest BCUT2D eigenvalue weighted by atomic mass is 9.92. The van der Waals surface area contributed by atoms with Crippen molar-refractivity contribution in [1.29, 1.82) is 0 Å². The summed E-state index contributed by atoms with van der Waals surface area (Å²) < 4.78 is 18.1. The molecule has 1 amide bonds. The second kappa shape index (κ2) is 6.35. The highest BCUT2D eigenvalue weighted by molar-refractivity contribution is 6.18. The molecule has 0 unspecified atom stereocenters. The highest BCUT2D eigenvalue weighted by Crippen LogP contribution is 2.22. The molecule has 0 aliphatic carbocycles. The van der Waals surface area contributed by atoms with Crippen LogP contribution >= 0.6 is 11.6 Å². The lowest BCUT2D eigenvalue weighted by Gasteiger charge is -2.36. The van der Waals surface area contributed by atoms with Gasteiger partial charge in [0.15, 0.2) is 0 Å². The lowest BCUT2D eigenvalue weighted by Crippen LogP contribution is -2.53. The van der Waals surface area contributed by atoms with Gasteiger partial charge in [-0.1, -0.05) is 12.1 Å². The molecular weight excluding hydrogens is 269 g/mol. The Morgan fingerprint density at radius 2 is 1.95 bits per heavy atom. The molecule has 0 radical (unpaired) electrons. The Bertz CT molecular complexity index is 430. The van der Waals surface area contributed by atoms with Gasteiger partial charge in [0.2, 0.25) is 5.91 Å². The van der Waals surface area contributed by atoms with Crippen molar-refractivity contribution < 1.29 is 13.9 Å². The Kier molecular flexibility index (Phi) is 4.77. The molecule has 0 aromatic heterocycles. The Labute approximate surface area is 117 Å². The molecule has 5 heteroatoms. The minimum atomic E-state index is -0.364. The summed E-state index contributed by atoms with van der Waals surface area (Å²) in [6, 6.07) is 5.95. The van der Waals surface area contributed by atoms with Gasteiger partial charge in [-0.2, -0.15) is 0 Å². The molecule has 1 N–H and O–H groups in total. The molecule has 1 fully saturated rings. The zero-order valence-corrected chi connectivity index (χ0v) is 11.4. The number of benzene rings is 1. The molecule has 3 nitrogen and oxygen atoms in total. The zero-order chi connectivity index (χ0) is 13.7. The molecular formula is C14H17ClFNO2. The Balaban J connectivity index is 1.94. The van der Waals surface area contributed by atoms with Crippen molar-refractivity contribution in [2.45, 2.75) is 24.8 Å². The molecule has 104 valence electrons. The van der Waals surface area contributed by atoms with Crippen molar-refractivity contribution in [3.63, 3.8) is 0 Å². The van der Waals surface area contributed by atoms with Gasteiger partial charge in [-0.3, -0.25) is 4.79 Å². The van der Waals surface area contributed by atoms with E-state index in [1.807, 2.05) is 0 Å². The van der Waals surface area contributed by atoms with Crippen LogP contribution in [0.4, 0.5) is 4.39 Å². The van der Waals surface area contributed by atoms with Gasteiger partial charge in [-0.05, 0) is 30.5 Å². The summed E-state index contributed by atoms with van der Waals surface area (Å²) in [7, 11) is 0. The Hall–Kier alpha value is -1.13. The first kappa shape index (κ1) is 14.3. The third-order valence-electron chi connectivity index (χ3n) is 3.39. The Morgan fingerprint density at radius 1 is 1.32 bits per heavy atom. The first-order valence-electron chi connectivity index (χ1n) is 6.33. The zero-order valence-electron chi connectivity index (χ0n) is 10.6. The summed E-state index contributed by atoms with van der Waals surface area (Å²) in [5, 5.41) is 3.00. The standard InChI is InChI=1S/C14H17ClFNO2/c15-10-14(5-7-19-8-6-14)17-13(18)9-11-1-3-12(16)4-2-11/h1-4H,5-10H2,(H,17,18). The maximum absolute atomic E-state index is 12.8. The van der Waals surface area contributed by atoms with E-state index in [0.29, 0.717) is 19.1 Å². The summed E-state index contributed by atoms with van der Waals surface area (Å²) in [5.74, 6) is -0.00844. The van der Waals surface area contributed by atoms with Crippen molar-refractivity contribution >= 4 is 17.5 Å². The van der Waals surface area contributed by atoms with Gasteiger partial charge >= 0.3 is 0 Å². The van der Waals surface area contributed by atoms with Crippen LogP contribution < -0.4 is 5.32 Å². The molecule has 1 aliphatic rings. The van der Waals surface area contributed by atoms with Crippen molar-refractivity contribution in [1.82, 2.24) is 5.32 Å². The van der Waals surface area contributed by atoms with E-state index in [1.165, 1.54) is 12.1 Å². The number of amides is 1. The minimum absolute atomic E-state index is 0.0887. The van der Waals surface area contributed by atoms with Gasteiger partial charge < -0.3 is 10.1 Å². The van der Waals surface area contributed by atoms with Crippen LogP contribution in [0.3, 0.4) is 0 Å². The second-order valence-corrected chi connectivity index (χ2v) is 5.15. The molecule has 0 bridgehead atoms. The predicted octanol–water partition coefficient (Wildman–Crippen LogP) is 2.27. The molecule has 1 aromatic rings. The molecule has 1 aromatic carbocycles. The van der Waals surface area contributed by atoms with Gasteiger partial charge in [-0.15, -0.1) is 11.6 Å². The van der Waals surface area contributed by atoms with Crippen LogP contribution in [0.15, 0.2) is 24.3 Å². The summed E-state index contributed by atoms with van der Waals surface area (Å²) in [6.07, 6.45) is 1.69. The van der Waals surface area contributed by atoms with Crippen LogP contribution in [0.1, 0.15) is 18.4 Å². The SMILES string of the molecule is O=C(Cc1ccc(F)cc1)NC1(CCl)CCOCC1. The van der Waals surface area contributed by atoms with E-state index in [2.05, 4.69) is 5.32 Å². The Morgan fingerprint density at radius 3 is 2.53 bits per heavy atom. The largest absolute Gasteiger partial charge is 0.381 e. The van der Waals surface area contributed by atoms with E-state index in [4.69, 9.17) is 16.3 Å². The van der Waals surface area contributed by atoms with Gasteiger partial charge in [0, 0.05) is 19.1 Å². The molecule has 1 heterocycles. The van der Waals surface area contributed by atoms with Crippen molar-refractivity contribution in [3.8, 4) is 0 Å². The first-order valence-corrected chi connectivity index (χ1v) is 6.86. The average Bonchev–Trinajstić information content (AvgIpc) is 2.42. The topological polar surface area (TPSA) is 38.3 Å². The highest BCUT2D eigenvalue weighted by atomic mass is 35.5. The number of alkyl halides is 1. The maximum atomic E-state index is 12.8. The van der Waals surface area contributed by atoms with Crippen LogP contribution in [0.25, 0.3) is 0 Å².